The van der Waals surface area contributed by atoms with E-state index in [1.54, 1.807) is 0 Å². The highest BCUT2D eigenvalue weighted by atomic mass is 35.5. The lowest BCUT2D eigenvalue weighted by Crippen LogP contribution is -1.97. The molecule has 0 atom stereocenters. The van der Waals surface area contributed by atoms with Crippen molar-refractivity contribution in [3.05, 3.63) is 16.4 Å². The molecule has 1 saturated carbocycles. The molecule has 7 heteroatoms. The van der Waals surface area contributed by atoms with Gasteiger partial charge < -0.3 is 4.98 Å². The lowest BCUT2D eigenvalue weighted by molar-refractivity contribution is 0.515. The van der Waals surface area contributed by atoms with E-state index in [4.69, 9.17) is 40.1 Å². The van der Waals surface area contributed by atoms with E-state index in [2.05, 4.69) is 4.98 Å². The molecule has 0 spiro atoms. The molecular formula is C9H6Cl3FN2S. The summed E-state index contributed by atoms with van der Waals surface area (Å²) in [4.78, 5) is 3.31. The average Bonchev–Trinajstić information content (AvgIpc) is 2.91. The predicted molar refractivity (Wildman–Crippen MR) is 63.9 cm³/mol. The Morgan fingerprint density at radius 1 is 1.50 bits per heavy atom. The second kappa shape index (κ2) is 4.30. The maximum atomic E-state index is 13.2. The SMILES string of the molecule is N#Cc1c(Cl)[nH]c(C2CC2)c1SC(F)(Cl)Cl. The van der Waals surface area contributed by atoms with Gasteiger partial charge in [-0.15, -0.1) is 0 Å². The first-order valence-electron chi connectivity index (χ1n) is 4.49. The molecule has 0 bridgehead atoms. The molecule has 1 heterocycles. The largest absolute Gasteiger partial charge is 0.347 e. The number of rotatable bonds is 3. The van der Waals surface area contributed by atoms with E-state index in [0.29, 0.717) is 22.6 Å². The maximum absolute atomic E-state index is 13.2. The van der Waals surface area contributed by atoms with Crippen molar-refractivity contribution in [1.82, 2.24) is 4.98 Å². The van der Waals surface area contributed by atoms with Crippen molar-refractivity contribution in [2.24, 2.45) is 0 Å². The number of H-pyrrole nitrogens is 1. The van der Waals surface area contributed by atoms with Gasteiger partial charge in [0.25, 0.3) is 0 Å². The first-order chi connectivity index (χ1) is 7.42. The standard InChI is InChI=1S/C9H6Cl3FN2S/c10-8-5(3-14)7(16-9(11,12)13)6(15-8)4-1-2-4/h4,15H,1-2H2. The minimum atomic E-state index is -2.46. The van der Waals surface area contributed by atoms with E-state index in [1.165, 1.54) is 0 Å². The third kappa shape index (κ3) is 2.60. The zero-order valence-corrected chi connectivity index (χ0v) is 10.9. The normalized spacial score (nSPS) is 16.2. The van der Waals surface area contributed by atoms with Crippen LogP contribution >= 0.6 is 46.6 Å². The van der Waals surface area contributed by atoms with Gasteiger partial charge in [0.2, 0.25) is 0 Å². The van der Waals surface area contributed by atoms with Gasteiger partial charge in [-0.2, -0.15) is 9.65 Å². The quantitative estimate of drug-likeness (QED) is 0.656. The second-order valence-electron chi connectivity index (χ2n) is 3.49. The van der Waals surface area contributed by atoms with E-state index < -0.39 is 3.92 Å². The molecule has 0 radical (unpaired) electrons. The lowest BCUT2D eigenvalue weighted by atomic mass is 10.2. The van der Waals surface area contributed by atoms with Crippen LogP contribution in [0.1, 0.15) is 30.0 Å². The van der Waals surface area contributed by atoms with Crippen molar-refractivity contribution in [2.45, 2.75) is 27.6 Å². The zero-order valence-electron chi connectivity index (χ0n) is 7.86. The Balaban J connectivity index is 2.43. The first kappa shape index (κ1) is 12.4. The van der Waals surface area contributed by atoms with Crippen LogP contribution in [0.15, 0.2) is 4.90 Å². The fourth-order valence-corrected chi connectivity index (χ4v) is 3.02. The molecule has 2 nitrogen and oxygen atoms in total. The fourth-order valence-electron chi connectivity index (χ4n) is 1.45. The summed E-state index contributed by atoms with van der Waals surface area (Å²) in [6, 6.07) is 1.92. The Bertz CT molecular complexity index is 457. The molecule has 0 amide bonds. The molecule has 0 unspecified atom stereocenters. The highest BCUT2D eigenvalue weighted by molar-refractivity contribution is 8.03. The molecule has 0 aliphatic heterocycles. The molecule has 1 aromatic heterocycles. The van der Waals surface area contributed by atoms with Gasteiger partial charge >= 0.3 is 3.92 Å². The van der Waals surface area contributed by atoms with Crippen molar-refractivity contribution < 1.29 is 4.39 Å². The Labute approximate surface area is 111 Å². The van der Waals surface area contributed by atoms with Gasteiger partial charge in [-0.1, -0.05) is 34.8 Å². The highest BCUT2D eigenvalue weighted by Crippen LogP contribution is 2.51. The molecule has 0 aromatic carbocycles. The first-order valence-corrected chi connectivity index (χ1v) is 6.44. The third-order valence-corrected chi connectivity index (χ3v) is 3.86. The molecule has 1 aliphatic carbocycles. The van der Waals surface area contributed by atoms with Crippen molar-refractivity contribution in [3.63, 3.8) is 0 Å². The number of nitrogens with one attached hydrogen (secondary N) is 1. The Kier molecular flexibility index (Phi) is 3.33. The second-order valence-corrected chi connectivity index (χ2v) is 6.73. The minimum absolute atomic E-state index is 0.205. The van der Waals surface area contributed by atoms with Gasteiger partial charge in [0.15, 0.2) is 0 Å². The number of alkyl halides is 3. The number of halogens is 4. The summed E-state index contributed by atoms with van der Waals surface area (Å²) in [6.45, 7) is 0. The van der Waals surface area contributed by atoms with Crippen LogP contribution in [0.25, 0.3) is 0 Å². The lowest BCUT2D eigenvalue weighted by Gasteiger charge is -2.09. The smallest absolute Gasteiger partial charge is 0.309 e. The monoisotopic (exact) mass is 298 g/mol. The molecular weight excluding hydrogens is 294 g/mol. The molecule has 16 heavy (non-hydrogen) atoms. The van der Waals surface area contributed by atoms with Gasteiger partial charge in [-0.3, -0.25) is 0 Å². The molecule has 0 saturated heterocycles. The summed E-state index contributed by atoms with van der Waals surface area (Å²) in [7, 11) is 0. The van der Waals surface area contributed by atoms with E-state index in [1.807, 2.05) is 6.07 Å². The number of thioether (sulfide) groups is 1. The van der Waals surface area contributed by atoms with Crippen LogP contribution in [0.3, 0.4) is 0 Å². The van der Waals surface area contributed by atoms with Crippen LogP contribution < -0.4 is 0 Å². The molecule has 1 N–H and O–H groups in total. The van der Waals surface area contributed by atoms with Crippen molar-refractivity contribution in [1.29, 1.82) is 5.26 Å². The van der Waals surface area contributed by atoms with Gasteiger partial charge in [0, 0.05) is 11.6 Å². The van der Waals surface area contributed by atoms with Crippen molar-refractivity contribution in [2.75, 3.05) is 0 Å². The average molecular weight is 300 g/mol. The summed E-state index contributed by atoms with van der Waals surface area (Å²) in [5.41, 5.74) is 0.965. The third-order valence-electron chi connectivity index (χ3n) is 2.25. The van der Waals surface area contributed by atoms with Crippen LogP contribution in [-0.4, -0.2) is 8.90 Å². The number of hydrogen-bond donors (Lipinski definition) is 1. The summed E-state index contributed by atoms with van der Waals surface area (Å²) < 4.78 is 10.7. The topological polar surface area (TPSA) is 39.6 Å². The van der Waals surface area contributed by atoms with E-state index in [-0.39, 0.29) is 10.7 Å². The number of aromatic nitrogens is 1. The Morgan fingerprint density at radius 3 is 2.56 bits per heavy atom. The van der Waals surface area contributed by atoms with Crippen LogP contribution in [0, 0.1) is 11.3 Å². The molecule has 2 rings (SSSR count). The number of hydrogen-bond acceptors (Lipinski definition) is 2. The zero-order chi connectivity index (χ0) is 11.9. The van der Waals surface area contributed by atoms with Gasteiger partial charge in [0.05, 0.1) is 4.90 Å². The van der Waals surface area contributed by atoms with E-state index in [0.717, 1.165) is 18.5 Å². The highest BCUT2D eigenvalue weighted by Gasteiger charge is 2.35. The molecule has 1 fully saturated rings. The number of aromatic amines is 1. The Hall–Kier alpha value is -0.0800. The van der Waals surface area contributed by atoms with Crippen LogP contribution in [-0.2, 0) is 0 Å². The van der Waals surface area contributed by atoms with Crippen LogP contribution in [0.4, 0.5) is 4.39 Å². The van der Waals surface area contributed by atoms with Crippen LogP contribution in [0.2, 0.25) is 5.15 Å². The predicted octanol–water partition coefficient (Wildman–Crippen LogP) is 4.57. The number of nitrogens with zero attached hydrogens (tertiary/aromatic N) is 1. The number of nitriles is 1. The van der Waals surface area contributed by atoms with Crippen molar-refractivity contribution in [3.8, 4) is 6.07 Å². The summed E-state index contributed by atoms with van der Waals surface area (Å²) in [6.07, 6.45) is 2.00. The van der Waals surface area contributed by atoms with Gasteiger partial charge in [0.1, 0.15) is 16.8 Å². The fraction of sp³-hybridized carbons (Fsp3) is 0.444. The summed E-state index contributed by atoms with van der Waals surface area (Å²) in [5, 5.41) is 9.15. The van der Waals surface area contributed by atoms with Gasteiger partial charge in [-0.05, 0) is 24.6 Å². The minimum Gasteiger partial charge on any atom is -0.347 e. The van der Waals surface area contributed by atoms with Gasteiger partial charge in [-0.25, -0.2) is 0 Å². The maximum Gasteiger partial charge on any atom is 0.309 e. The van der Waals surface area contributed by atoms with E-state index >= 15 is 0 Å². The summed E-state index contributed by atoms with van der Waals surface area (Å²) in [5.74, 6) is 0.304. The summed E-state index contributed by atoms with van der Waals surface area (Å²) >= 11 is 17.0. The van der Waals surface area contributed by atoms with E-state index in [9.17, 15) is 4.39 Å². The molecule has 86 valence electrons. The molecule has 1 aliphatic rings. The van der Waals surface area contributed by atoms with Crippen molar-refractivity contribution >= 4 is 46.6 Å². The molecule has 1 aromatic rings. The van der Waals surface area contributed by atoms with Crippen LogP contribution in [0.5, 0.6) is 0 Å². The Morgan fingerprint density at radius 2 is 2.12 bits per heavy atom.